The molecule has 0 unspecified atom stereocenters. The van der Waals surface area contributed by atoms with Crippen LogP contribution in [0, 0.1) is 0 Å². The molecule has 0 radical (unpaired) electrons. The van der Waals surface area contributed by atoms with Gasteiger partial charge in [-0.05, 0) is 35.0 Å². The second kappa shape index (κ2) is 4.01. The van der Waals surface area contributed by atoms with Crippen LogP contribution in [0.4, 0.5) is 0 Å². The maximum atomic E-state index is 9.14. The van der Waals surface area contributed by atoms with E-state index in [1.165, 1.54) is 0 Å². The summed E-state index contributed by atoms with van der Waals surface area (Å²) in [6.45, 7) is 0. The van der Waals surface area contributed by atoms with Gasteiger partial charge in [0.05, 0.1) is 0 Å². The fraction of sp³-hybridized carbons (Fsp3) is 0. The molecule has 0 saturated carbocycles. The molecule has 0 heterocycles. The third-order valence-electron chi connectivity index (χ3n) is 1.81. The molecule has 2 aromatic carbocycles. The van der Waals surface area contributed by atoms with E-state index in [1.807, 2.05) is 0 Å². The minimum atomic E-state index is 0. The monoisotopic (exact) mass is 184 g/mol. The van der Waals surface area contributed by atoms with Crippen molar-refractivity contribution >= 4 is 40.3 Å². The first-order valence-electron chi connectivity index (χ1n) is 3.67. The van der Waals surface area contributed by atoms with Crippen molar-refractivity contribution in [2.24, 2.45) is 0 Å². The Labute approximate surface area is 98.1 Å². The molecule has 2 N–H and O–H groups in total. The Kier molecular flexibility index (Phi) is 3.20. The third-order valence-corrected chi connectivity index (χ3v) is 1.81. The third kappa shape index (κ3) is 2.15. The average Bonchev–Trinajstić information content (AvgIpc) is 2.05. The van der Waals surface area contributed by atoms with E-state index < -0.39 is 0 Å². The summed E-state index contributed by atoms with van der Waals surface area (Å²) in [7, 11) is 0. The van der Waals surface area contributed by atoms with Crippen molar-refractivity contribution in [3.8, 4) is 11.5 Å². The summed E-state index contributed by atoms with van der Waals surface area (Å²) in [5.41, 5.74) is 0. The van der Waals surface area contributed by atoms with Crippen molar-refractivity contribution in [3.63, 3.8) is 0 Å². The van der Waals surface area contributed by atoms with Crippen LogP contribution < -0.4 is 0 Å². The number of hydrogen-bond acceptors (Lipinski definition) is 2. The molecule has 0 saturated heterocycles. The van der Waals surface area contributed by atoms with E-state index in [0.717, 1.165) is 10.8 Å². The van der Waals surface area contributed by atoms with Crippen molar-refractivity contribution in [1.82, 2.24) is 0 Å². The molecule has 2 nitrogen and oxygen atoms in total. The first-order chi connectivity index (χ1) is 5.75. The van der Waals surface area contributed by atoms with Crippen LogP contribution in [0.2, 0.25) is 0 Å². The van der Waals surface area contributed by atoms with Gasteiger partial charge in [-0.25, -0.2) is 0 Å². The molecule has 0 aliphatic rings. The number of phenolic OH excluding ortho intramolecular Hbond substituents is 2. The number of fused-ring (bicyclic) bond motifs is 1. The van der Waals surface area contributed by atoms with Gasteiger partial charge in [0.2, 0.25) is 0 Å². The van der Waals surface area contributed by atoms with Crippen LogP contribution in [0.3, 0.4) is 0 Å². The summed E-state index contributed by atoms with van der Waals surface area (Å²) in [5, 5.41) is 20.1. The predicted molar refractivity (Wildman–Crippen MR) is 54.4 cm³/mol. The van der Waals surface area contributed by atoms with Crippen LogP contribution in [0.25, 0.3) is 10.8 Å². The summed E-state index contributed by atoms with van der Waals surface area (Å²) in [4.78, 5) is 0. The number of rotatable bonds is 0. The van der Waals surface area contributed by atoms with Crippen LogP contribution in [-0.4, -0.2) is 39.8 Å². The zero-order valence-corrected chi connectivity index (χ0v) is 6.36. The Balaban J connectivity index is 0.000000845. The zero-order chi connectivity index (χ0) is 8.55. The fourth-order valence-corrected chi connectivity index (χ4v) is 1.22. The van der Waals surface area contributed by atoms with E-state index in [1.54, 1.807) is 36.4 Å². The quantitative estimate of drug-likeness (QED) is 0.610. The normalized spacial score (nSPS) is 9.54. The second-order valence-electron chi connectivity index (χ2n) is 2.72. The van der Waals surface area contributed by atoms with Crippen LogP contribution in [0.1, 0.15) is 0 Å². The van der Waals surface area contributed by atoms with Crippen molar-refractivity contribution in [2.45, 2.75) is 0 Å². The van der Waals surface area contributed by atoms with E-state index in [9.17, 15) is 0 Å². The van der Waals surface area contributed by atoms with Gasteiger partial charge in [0.25, 0.3) is 0 Å². The van der Waals surface area contributed by atoms with Crippen LogP contribution in [0.15, 0.2) is 36.4 Å². The van der Waals surface area contributed by atoms with Crippen molar-refractivity contribution in [3.05, 3.63) is 36.4 Å². The Hall–Kier alpha value is -0.700. The fourth-order valence-electron chi connectivity index (χ4n) is 1.22. The van der Waals surface area contributed by atoms with Gasteiger partial charge in [-0.3, -0.25) is 0 Å². The van der Waals surface area contributed by atoms with E-state index in [-0.39, 0.29) is 41.1 Å². The van der Waals surface area contributed by atoms with Crippen LogP contribution in [0.5, 0.6) is 11.5 Å². The van der Waals surface area contributed by atoms with Gasteiger partial charge >= 0.3 is 29.6 Å². The summed E-state index contributed by atoms with van der Waals surface area (Å²) >= 11 is 0. The maximum absolute atomic E-state index is 9.14. The topological polar surface area (TPSA) is 40.5 Å². The number of aromatic hydroxyl groups is 2. The molecule has 2 rings (SSSR count). The predicted octanol–water partition coefficient (Wildman–Crippen LogP) is 1.60. The molecule has 0 bridgehead atoms. The second-order valence-corrected chi connectivity index (χ2v) is 2.72. The summed E-state index contributed by atoms with van der Waals surface area (Å²) < 4.78 is 0. The van der Waals surface area contributed by atoms with E-state index in [0.29, 0.717) is 0 Å². The molecule has 0 amide bonds. The molecular weight excluding hydrogens is 175 g/mol. The molecule has 0 atom stereocenters. The van der Waals surface area contributed by atoms with E-state index in [2.05, 4.69) is 0 Å². The molecule has 0 fully saturated rings. The van der Waals surface area contributed by atoms with Gasteiger partial charge in [0.15, 0.2) is 0 Å². The summed E-state index contributed by atoms with van der Waals surface area (Å²) in [6, 6.07) is 10.1. The number of benzene rings is 2. The SMILES string of the molecule is Oc1ccc2cc(O)ccc2c1.[NaH]. The molecule has 3 heteroatoms. The van der Waals surface area contributed by atoms with E-state index in [4.69, 9.17) is 10.2 Å². The zero-order valence-electron chi connectivity index (χ0n) is 6.36. The first kappa shape index (κ1) is 10.4. The first-order valence-corrected chi connectivity index (χ1v) is 3.67. The van der Waals surface area contributed by atoms with Crippen molar-refractivity contribution < 1.29 is 10.2 Å². The Morgan fingerprint density at radius 3 is 1.46 bits per heavy atom. The van der Waals surface area contributed by atoms with Gasteiger partial charge in [-0.2, -0.15) is 0 Å². The molecule has 62 valence electrons. The molecular formula is C10H9NaO2. The van der Waals surface area contributed by atoms with Crippen LogP contribution in [-0.2, 0) is 0 Å². The molecule has 0 aliphatic heterocycles. The Bertz CT molecular complexity index is 385. The summed E-state index contributed by atoms with van der Waals surface area (Å²) in [6.07, 6.45) is 0. The van der Waals surface area contributed by atoms with Crippen LogP contribution >= 0.6 is 0 Å². The Morgan fingerprint density at radius 2 is 1.08 bits per heavy atom. The van der Waals surface area contributed by atoms with Crippen molar-refractivity contribution in [1.29, 1.82) is 0 Å². The van der Waals surface area contributed by atoms with Gasteiger partial charge in [-0.15, -0.1) is 0 Å². The van der Waals surface area contributed by atoms with Crippen molar-refractivity contribution in [2.75, 3.05) is 0 Å². The number of phenols is 2. The minimum absolute atomic E-state index is 0. The van der Waals surface area contributed by atoms with E-state index >= 15 is 0 Å². The Morgan fingerprint density at radius 1 is 0.692 bits per heavy atom. The molecule has 2 aromatic rings. The summed E-state index contributed by atoms with van der Waals surface area (Å²) in [5.74, 6) is 0.487. The number of hydrogen-bond donors (Lipinski definition) is 2. The molecule has 13 heavy (non-hydrogen) atoms. The standard InChI is InChI=1S/C10H8O2.Na.H/c11-9-3-1-7-5-10(12)4-2-8(7)6-9;;/h1-6,11-12H;;. The molecule has 0 aliphatic carbocycles. The molecule has 0 aromatic heterocycles. The van der Waals surface area contributed by atoms with Gasteiger partial charge in [0, 0.05) is 0 Å². The van der Waals surface area contributed by atoms with Gasteiger partial charge < -0.3 is 10.2 Å². The molecule has 0 spiro atoms. The van der Waals surface area contributed by atoms with Gasteiger partial charge in [-0.1, -0.05) is 12.1 Å². The average molecular weight is 184 g/mol. The van der Waals surface area contributed by atoms with Gasteiger partial charge in [0.1, 0.15) is 11.5 Å².